The molecule has 1 aliphatic carbocycles. The number of hydrogen-bond acceptors (Lipinski definition) is 3. The van der Waals surface area contributed by atoms with Crippen molar-refractivity contribution in [3.8, 4) is 5.75 Å². The van der Waals surface area contributed by atoms with Gasteiger partial charge in [-0.25, -0.2) is 0 Å². The summed E-state index contributed by atoms with van der Waals surface area (Å²) in [5.74, 6) is 1.79. The summed E-state index contributed by atoms with van der Waals surface area (Å²) < 4.78 is 5.33. The highest BCUT2D eigenvalue weighted by Gasteiger charge is 2.26. The van der Waals surface area contributed by atoms with Gasteiger partial charge in [-0.05, 0) is 56.3 Å². The fourth-order valence-electron chi connectivity index (χ4n) is 3.29. The first kappa shape index (κ1) is 15.3. The summed E-state index contributed by atoms with van der Waals surface area (Å²) in [6, 6.07) is 9.24. The van der Waals surface area contributed by atoms with E-state index in [9.17, 15) is 0 Å². The molecule has 20 heavy (non-hydrogen) atoms. The van der Waals surface area contributed by atoms with Crippen LogP contribution < -0.4 is 10.5 Å². The van der Waals surface area contributed by atoms with Gasteiger partial charge in [0.25, 0.3) is 0 Å². The molecule has 3 nitrogen and oxygen atoms in total. The van der Waals surface area contributed by atoms with E-state index in [1.165, 1.54) is 31.2 Å². The molecule has 2 N–H and O–H groups in total. The molecule has 1 atom stereocenters. The Labute approximate surface area is 123 Å². The van der Waals surface area contributed by atoms with E-state index in [1.54, 1.807) is 7.11 Å². The van der Waals surface area contributed by atoms with Crippen molar-refractivity contribution in [1.29, 1.82) is 0 Å². The number of hydrogen-bond donors (Lipinski definition) is 1. The van der Waals surface area contributed by atoms with Crippen molar-refractivity contribution in [2.75, 3.05) is 20.7 Å². The fraction of sp³-hybridized carbons (Fsp3) is 0.647. The number of likely N-dealkylation sites (N-methyl/N-ethyl adjacent to an activating group) is 1. The Kier molecular flexibility index (Phi) is 5.44. The zero-order valence-corrected chi connectivity index (χ0v) is 13.0. The summed E-state index contributed by atoms with van der Waals surface area (Å²) in [5.41, 5.74) is 7.31. The lowest BCUT2D eigenvalue weighted by Crippen LogP contribution is -2.40. The van der Waals surface area contributed by atoms with Gasteiger partial charge in [-0.1, -0.05) is 19.1 Å². The predicted molar refractivity (Wildman–Crippen MR) is 84.0 cm³/mol. The molecule has 112 valence electrons. The van der Waals surface area contributed by atoms with Crippen LogP contribution in [0.3, 0.4) is 0 Å². The van der Waals surface area contributed by atoms with Crippen LogP contribution in [0.25, 0.3) is 0 Å². The van der Waals surface area contributed by atoms with Crippen molar-refractivity contribution in [2.24, 2.45) is 11.7 Å². The molecule has 0 aromatic heterocycles. The number of nitrogens with two attached hydrogens (primary N) is 1. The van der Waals surface area contributed by atoms with E-state index in [2.05, 4.69) is 31.0 Å². The van der Waals surface area contributed by atoms with Gasteiger partial charge < -0.3 is 10.5 Å². The minimum atomic E-state index is 0.281. The van der Waals surface area contributed by atoms with Crippen molar-refractivity contribution in [1.82, 2.24) is 4.90 Å². The van der Waals surface area contributed by atoms with Gasteiger partial charge in [-0.3, -0.25) is 4.90 Å². The number of ether oxygens (including phenoxy) is 1. The monoisotopic (exact) mass is 276 g/mol. The van der Waals surface area contributed by atoms with Crippen LogP contribution >= 0.6 is 0 Å². The minimum Gasteiger partial charge on any atom is -0.497 e. The van der Waals surface area contributed by atoms with Crippen LogP contribution in [0.15, 0.2) is 24.3 Å². The van der Waals surface area contributed by atoms with E-state index in [4.69, 9.17) is 10.5 Å². The number of benzene rings is 1. The van der Waals surface area contributed by atoms with Gasteiger partial charge in [0.15, 0.2) is 0 Å². The average molecular weight is 276 g/mol. The zero-order chi connectivity index (χ0) is 14.5. The van der Waals surface area contributed by atoms with E-state index >= 15 is 0 Å². The molecule has 0 amide bonds. The lowest BCUT2D eigenvalue weighted by atomic mass is 9.86. The summed E-state index contributed by atoms with van der Waals surface area (Å²) in [7, 11) is 3.93. The van der Waals surface area contributed by atoms with Gasteiger partial charge in [0.1, 0.15) is 5.75 Å². The lowest BCUT2D eigenvalue weighted by molar-refractivity contribution is 0.126. The van der Waals surface area contributed by atoms with Gasteiger partial charge >= 0.3 is 0 Å². The van der Waals surface area contributed by atoms with Crippen LogP contribution in [-0.2, 0) is 0 Å². The average Bonchev–Trinajstić information content (AvgIpc) is 2.49. The molecular formula is C17H28N2O. The molecule has 0 spiro atoms. The molecule has 0 radical (unpaired) electrons. The molecule has 0 saturated heterocycles. The second-order valence-electron chi connectivity index (χ2n) is 6.11. The van der Waals surface area contributed by atoms with Crippen molar-refractivity contribution < 1.29 is 4.74 Å². The zero-order valence-electron chi connectivity index (χ0n) is 13.0. The summed E-state index contributed by atoms with van der Waals surface area (Å²) in [4.78, 5) is 2.47. The Morgan fingerprint density at radius 1 is 1.30 bits per heavy atom. The number of nitrogens with zero attached hydrogens (tertiary/aromatic N) is 1. The maximum absolute atomic E-state index is 6.05. The smallest absolute Gasteiger partial charge is 0.119 e. The highest BCUT2D eigenvalue weighted by atomic mass is 16.5. The first-order valence-electron chi connectivity index (χ1n) is 7.71. The Morgan fingerprint density at radius 2 is 2.00 bits per heavy atom. The Hall–Kier alpha value is -1.06. The largest absolute Gasteiger partial charge is 0.497 e. The van der Waals surface area contributed by atoms with Gasteiger partial charge in [-0.2, -0.15) is 0 Å². The van der Waals surface area contributed by atoms with Crippen molar-refractivity contribution in [2.45, 2.75) is 44.7 Å². The quantitative estimate of drug-likeness (QED) is 0.897. The molecular weight excluding hydrogens is 248 g/mol. The summed E-state index contributed by atoms with van der Waals surface area (Å²) in [5, 5.41) is 0. The molecule has 1 aromatic rings. The van der Waals surface area contributed by atoms with Crippen molar-refractivity contribution in [3.05, 3.63) is 29.8 Å². The SMILES string of the molecule is COc1cccc(C(CN)N(C)C2CCC(C)CC2)c1. The lowest BCUT2D eigenvalue weighted by Gasteiger charge is -2.38. The number of rotatable bonds is 5. The van der Waals surface area contributed by atoms with Crippen LogP contribution in [-0.4, -0.2) is 31.6 Å². The second-order valence-corrected chi connectivity index (χ2v) is 6.11. The standard InChI is InChI=1S/C17H28N2O/c1-13-7-9-15(10-8-13)19(2)17(12-18)14-5-4-6-16(11-14)20-3/h4-6,11,13,15,17H,7-10,12,18H2,1-3H3. The van der Waals surface area contributed by atoms with Gasteiger partial charge in [0.05, 0.1) is 7.11 Å². The van der Waals surface area contributed by atoms with Crippen LogP contribution in [0.4, 0.5) is 0 Å². The van der Waals surface area contributed by atoms with Gasteiger partial charge in [-0.15, -0.1) is 0 Å². The maximum atomic E-state index is 6.05. The molecule has 0 heterocycles. The van der Waals surface area contributed by atoms with E-state index in [1.807, 2.05) is 12.1 Å². The summed E-state index contributed by atoms with van der Waals surface area (Å²) in [6.07, 6.45) is 5.26. The molecule has 0 aliphatic heterocycles. The Bertz CT molecular complexity index is 413. The summed E-state index contributed by atoms with van der Waals surface area (Å²) >= 11 is 0. The molecule has 3 heteroatoms. The van der Waals surface area contributed by atoms with Gasteiger partial charge in [0, 0.05) is 18.6 Å². The predicted octanol–water partition coefficient (Wildman–Crippen LogP) is 3.21. The molecule has 0 bridgehead atoms. The highest BCUT2D eigenvalue weighted by Crippen LogP contribution is 2.31. The third-order valence-corrected chi connectivity index (χ3v) is 4.75. The molecule has 1 aromatic carbocycles. The van der Waals surface area contributed by atoms with Crippen molar-refractivity contribution in [3.63, 3.8) is 0 Å². The molecule has 1 aliphatic rings. The number of methoxy groups -OCH3 is 1. The van der Waals surface area contributed by atoms with E-state index < -0.39 is 0 Å². The third-order valence-electron chi connectivity index (χ3n) is 4.75. The van der Waals surface area contributed by atoms with Crippen LogP contribution in [0.5, 0.6) is 5.75 Å². The molecule has 1 fully saturated rings. The Morgan fingerprint density at radius 3 is 2.60 bits per heavy atom. The second kappa shape index (κ2) is 7.09. The third kappa shape index (κ3) is 3.53. The van der Waals surface area contributed by atoms with Crippen LogP contribution in [0, 0.1) is 5.92 Å². The fourth-order valence-corrected chi connectivity index (χ4v) is 3.29. The topological polar surface area (TPSA) is 38.5 Å². The van der Waals surface area contributed by atoms with Crippen LogP contribution in [0.1, 0.15) is 44.2 Å². The maximum Gasteiger partial charge on any atom is 0.119 e. The van der Waals surface area contributed by atoms with E-state index in [-0.39, 0.29) is 6.04 Å². The first-order chi connectivity index (χ1) is 9.65. The molecule has 1 saturated carbocycles. The Balaban J connectivity index is 2.10. The van der Waals surface area contributed by atoms with E-state index in [0.29, 0.717) is 12.6 Å². The normalized spacial score (nSPS) is 24.6. The molecule has 1 unspecified atom stereocenters. The minimum absolute atomic E-state index is 0.281. The highest BCUT2D eigenvalue weighted by molar-refractivity contribution is 5.30. The van der Waals surface area contributed by atoms with Crippen LogP contribution in [0.2, 0.25) is 0 Å². The van der Waals surface area contributed by atoms with E-state index in [0.717, 1.165) is 11.7 Å². The first-order valence-corrected chi connectivity index (χ1v) is 7.71. The van der Waals surface area contributed by atoms with Crippen molar-refractivity contribution >= 4 is 0 Å². The van der Waals surface area contributed by atoms with Gasteiger partial charge in [0.2, 0.25) is 0 Å². The molecule has 2 rings (SSSR count). The summed E-state index contributed by atoms with van der Waals surface area (Å²) in [6.45, 7) is 3.01.